The molecule has 1 aliphatic rings. The molecule has 0 aliphatic carbocycles. The summed E-state index contributed by atoms with van der Waals surface area (Å²) in [5, 5.41) is 3.31. The van der Waals surface area contributed by atoms with Crippen LogP contribution in [0.4, 0.5) is 0 Å². The molecule has 2 N–H and O–H groups in total. The van der Waals surface area contributed by atoms with Crippen molar-refractivity contribution in [1.82, 2.24) is 10.0 Å². The van der Waals surface area contributed by atoms with E-state index in [2.05, 4.69) is 30.8 Å². The summed E-state index contributed by atoms with van der Waals surface area (Å²) in [6.45, 7) is 9.10. The highest BCUT2D eigenvalue weighted by atomic mass is 32.2. The van der Waals surface area contributed by atoms with Gasteiger partial charge < -0.3 is 10.1 Å². The summed E-state index contributed by atoms with van der Waals surface area (Å²) in [5.74, 6) is 0. The Morgan fingerprint density at radius 3 is 2.25 bits per heavy atom. The van der Waals surface area contributed by atoms with Crippen LogP contribution in [0.25, 0.3) is 0 Å². The third kappa shape index (κ3) is 4.79. The van der Waals surface area contributed by atoms with E-state index in [0.29, 0.717) is 18.0 Å². The van der Waals surface area contributed by atoms with Gasteiger partial charge in [-0.25, -0.2) is 13.1 Å². The van der Waals surface area contributed by atoms with Crippen LogP contribution in [0.1, 0.15) is 39.2 Å². The third-order valence-electron chi connectivity index (χ3n) is 4.78. The normalized spacial score (nSPS) is 18.5. The SMILES string of the molecule is COCC1(CNS(=O)(=O)c2ccc(C(C)(C)C)cc2)CCNCC1. The number of sulfonamides is 1. The summed E-state index contributed by atoms with van der Waals surface area (Å²) in [5.41, 5.74) is 1.00. The van der Waals surface area contributed by atoms with Crippen molar-refractivity contribution in [2.75, 3.05) is 33.4 Å². The molecule has 0 aromatic heterocycles. The number of benzene rings is 1. The van der Waals surface area contributed by atoms with Crippen LogP contribution in [0.2, 0.25) is 0 Å². The van der Waals surface area contributed by atoms with Crippen LogP contribution in [0.3, 0.4) is 0 Å². The number of piperidine rings is 1. The van der Waals surface area contributed by atoms with E-state index in [1.807, 2.05) is 12.1 Å². The highest BCUT2D eigenvalue weighted by Gasteiger charge is 2.33. The monoisotopic (exact) mass is 354 g/mol. The Bertz CT molecular complexity index is 622. The maximum absolute atomic E-state index is 12.6. The van der Waals surface area contributed by atoms with E-state index in [4.69, 9.17) is 4.74 Å². The maximum atomic E-state index is 12.6. The van der Waals surface area contributed by atoms with E-state index in [9.17, 15) is 8.42 Å². The van der Waals surface area contributed by atoms with Gasteiger partial charge in [-0.1, -0.05) is 32.9 Å². The van der Waals surface area contributed by atoms with E-state index in [1.54, 1.807) is 19.2 Å². The number of nitrogens with one attached hydrogen (secondary N) is 2. The Kier molecular flexibility index (Phi) is 6.07. The minimum atomic E-state index is -3.50. The fourth-order valence-electron chi connectivity index (χ4n) is 3.10. The van der Waals surface area contributed by atoms with E-state index in [1.165, 1.54) is 0 Å². The van der Waals surface area contributed by atoms with Crippen molar-refractivity contribution in [2.45, 2.75) is 43.9 Å². The zero-order chi connectivity index (χ0) is 17.8. The quantitative estimate of drug-likeness (QED) is 0.822. The molecule has 0 amide bonds. The number of ether oxygens (including phenoxy) is 1. The molecule has 5 nitrogen and oxygen atoms in total. The van der Waals surface area contributed by atoms with Crippen LogP contribution < -0.4 is 10.0 Å². The maximum Gasteiger partial charge on any atom is 0.240 e. The first-order chi connectivity index (χ1) is 11.2. The lowest BCUT2D eigenvalue weighted by Gasteiger charge is -2.37. The molecule has 6 heteroatoms. The van der Waals surface area contributed by atoms with Gasteiger partial charge in [-0.3, -0.25) is 0 Å². The second-order valence-corrected chi connectivity index (χ2v) is 9.55. The van der Waals surface area contributed by atoms with Crippen molar-refractivity contribution in [2.24, 2.45) is 5.41 Å². The number of methoxy groups -OCH3 is 1. The second-order valence-electron chi connectivity index (χ2n) is 7.78. The smallest absolute Gasteiger partial charge is 0.240 e. The second kappa shape index (κ2) is 7.52. The van der Waals surface area contributed by atoms with Crippen molar-refractivity contribution >= 4 is 10.0 Å². The number of rotatable bonds is 6. The predicted octanol–water partition coefficient (Wildman–Crippen LogP) is 2.28. The Morgan fingerprint density at radius 2 is 1.75 bits per heavy atom. The first kappa shape index (κ1) is 19.4. The minimum absolute atomic E-state index is 0.00728. The molecular weight excluding hydrogens is 324 g/mol. The van der Waals surface area contributed by atoms with E-state index in [0.717, 1.165) is 31.5 Å². The summed E-state index contributed by atoms with van der Waals surface area (Å²) in [7, 11) is -1.83. The molecule has 1 aliphatic heterocycles. The molecule has 1 aromatic carbocycles. The molecule has 0 spiro atoms. The lowest BCUT2D eigenvalue weighted by molar-refractivity contribution is 0.0577. The molecular formula is C18H30N2O3S. The summed E-state index contributed by atoms with van der Waals surface area (Å²) in [6.07, 6.45) is 1.82. The fourth-order valence-corrected chi connectivity index (χ4v) is 4.26. The molecule has 1 saturated heterocycles. The van der Waals surface area contributed by atoms with Crippen LogP contribution in [0.5, 0.6) is 0 Å². The van der Waals surface area contributed by atoms with Crippen LogP contribution >= 0.6 is 0 Å². The van der Waals surface area contributed by atoms with Crippen LogP contribution in [-0.2, 0) is 20.2 Å². The molecule has 1 heterocycles. The first-order valence-electron chi connectivity index (χ1n) is 8.48. The van der Waals surface area contributed by atoms with Crippen LogP contribution in [0, 0.1) is 5.41 Å². The molecule has 2 rings (SSSR count). The Labute approximate surface area is 146 Å². The fraction of sp³-hybridized carbons (Fsp3) is 0.667. The summed E-state index contributed by atoms with van der Waals surface area (Å²) < 4.78 is 33.4. The first-order valence-corrected chi connectivity index (χ1v) is 9.97. The molecule has 0 bridgehead atoms. The van der Waals surface area contributed by atoms with Gasteiger partial charge in [0.2, 0.25) is 10.0 Å². The third-order valence-corrected chi connectivity index (χ3v) is 6.20. The van der Waals surface area contributed by atoms with Gasteiger partial charge in [0.15, 0.2) is 0 Å². The van der Waals surface area contributed by atoms with Crippen molar-refractivity contribution < 1.29 is 13.2 Å². The number of hydrogen-bond donors (Lipinski definition) is 2. The van der Waals surface area contributed by atoms with Gasteiger partial charge in [0.25, 0.3) is 0 Å². The molecule has 0 saturated carbocycles. The van der Waals surface area contributed by atoms with Gasteiger partial charge in [-0.15, -0.1) is 0 Å². The van der Waals surface area contributed by atoms with Crippen LogP contribution in [0.15, 0.2) is 29.2 Å². The molecule has 0 radical (unpaired) electrons. The van der Waals surface area contributed by atoms with Crippen LogP contribution in [-0.4, -0.2) is 41.8 Å². The summed E-state index contributed by atoms with van der Waals surface area (Å²) in [6, 6.07) is 7.16. The topological polar surface area (TPSA) is 67.4 Å². The molecule has 0 atom stereocenters. The largest absolute Gasteiger partial charge is 0.384 e. The van der Waals surface area contributed by atoms with E-state index >= 15 is 0 Å². The highest BCUT2D eigenvalue weighted by molar-refractivity contribution is 7.89. The summed E-state index contributed by atoms with van der Waals surface area (Å²) >= 11 is 0. The van der Waals surface area contributed by atoms with E-state index in [-0.39, 0.29) is 10.8 Å². The molecule has 1 aromatic rings. The van der Waals surface area contributed by atoms with Gasteiger partial charge >= 0.3 is 0 Å². The standard InChI is InChI=1S/C18H30N2O3S/c1-17(2,3)15-5-7-16(8-6-15)24(21,22)20-13-18(14-23-4)9-11-19-12-10-18/h5-8,19-20H,9-14H2,1-4H3. The average Bonchev–Trinajstić information content (AvgIpc) is 2.54. The van der Waals surface area contributed by atoms with Gasteiger partial charge in [-0.05, 0) is 49.0 Å². The van der Waals surface area contributed by atoms with Gasteiger partial charge in [0.1, 0.15) is 0 Å². The molecule has 24 heavy (non-hydrogen) atoms. The molecule has 0 unspecified atom stereocenters. The van der Waals surface area contributed by atoms with Gasteiger partial charge in [-0.2, -0.15) is 0 Å². The minimum Gasteiger partial charge on any atom is -0.384 e. The molecule has 1 fully saturated rings. The lowest BCUT2D eigenvalue weighted by Crippen LogP contribution is -2.47. The van der Waals surface area contributed by atoms with Crippen molar-refractivity contribution in [3.8, 4) is 0 Å². The highest BCUT2D eigenvalue weighted by Crippen LogP contribution is 2.29. The zero-order valence-electron chi connectivity index (χ0n) is 15.2. The van der Waals surface area contributed by atoms with E-state index < -0.39 is 10.0 Å². The summed E-state index contributed by atoms with van der Waals surface area (Å²) in [4.78, 5) is 0.317. The Hall–Kier alpha value is -0.950. The zero-order valence-corrected chi connectivity index (χ0v) is 16.0. The number of hydrogen-bond acceptors (Lipinski definition) is 4. The van der Waals surface area contributed by atoms with Crippen molar-refractivity contribution in [1.29, 1.82) is 0 Å². The van der Waals surface area contributed by atoms with Crippen molar-refractivity contribution in [3.63, 3.8) is 0 Å². The van der Waals surface area contributed by atoms with Crippen molar-refractivity contribution in [3.05, 3.63) is 29.8 Å². The van der Waals surface area contributed by atoms with Gasteiger partial charge in [0.05, 0.1) is 11.5 Å². The predicted molar refractivity (Wildman–Crippen MR) is 96.7 cm³/mol. The van der Waals surface area contributed by atoms with Gasteiger partial charge in [0, 0.05) is 19.1 Å². The Morgan fingerprint density at radius 1 is 1.17 bits per heavy atom. The lowest BCUT2D eigenvalue weighted by atomic mass is 9.80. The Balaban J connectivity index is 2.10. The average molecular weight is 355 g/mol. The molecule has 136 valence electrons.